The quantitative estimate of drug-likeness (QED) is 0.904. The van der Waals surface area contributed by atoms with E-state index in [4.69, 9.17) is 0 Å². The first-order valence-electron chi connectivity index (χ1n) is 7.32. The van der Waals surface area contributed by atoms with E-state index in [1.165, 1.54) is 10.6 Å². The van der Waals surface area contributed by atoms with Crippen LogP contribution in [0.2, 0.25) is 0 Å². The second kappa shape index (κ2) is 6.60. The van der Waals surface area contributed by atoms with Gasteiger partial charge in [-0.05, 0) is 31.9 Å². The molecule has 0 saturated carbocycles. The summed E-state index contributed by atoms with van der Waals surface area (Å²) >= 11 is 0. The average Bonchev–Trinajstić information content (AvgIpc) is 2.77. The Morgan fingerprint density at radius 1 is 1.36 bits per heavy atom. The summed E-state index contributed by atoms with van der Waals surface area (Å²) in [6.07, 6.45) is 1.59. The fourth-order valence-corrected chi connectivity index (χ4v) is 2.28. The zero-order valence-corrected chi connectivity index (χ0v) is 13.5. The van der Waals surface area contributed by atoms with Gasteiger partial charge in [0.25, 0.3) is 11.5 Å². The van der Waals surface area contributed by atoms with Gasteiger partial charge in [-0.1, -0.05) is 6.92 Å². The molecular weight excluding hydrogens is 280 g/mol. The molecule has 0 unspecified atom stereocenters. The van der Waals surface area contributed by atoms with E-state index in [1.54, 1.807) is 19.3 Å². The van der Waals surface area contributed by atoms with Gasteiger partial charge in [-0.25, -0.2) is 0 Å². The SMILES string of the molecule is Cc1cc(C)n(C[C@H](C)CNC(=O)c2ccn(C)c(=O)c2)n1. The highest BCUT2D eigenvalue weighted by molar-refractivity contribution is 5.93. The van der Waals surface area contributed by atoms with E-state index in [2.05, 4.69) is 17.3 Å². The van der Waals surface area contributed by atoms with Crippen molar-refractivity contribution in [1.82, 2.24) is 19.7 Å². The smallest absolute Gasteiger partial charge is 0.251 e. The Morgan fingerprint density at radius 3 is 2.68 bits per heavy atom. The molecule has 0 saturated heterocycles. The Morgan fingerprint density at radius 2 is 2.09 bits per heavy atom. The summed E-state index contributed by atoms with van der Waals surface area (Å²) in [4.78, 5) is 23.6. The molecule has 0 radical (unpaired) electrons. The van der Waals surface area contributed by atoms with Crippen molar-refractivity contribution in [2.75, 3.05) is 6.54 Å². The molecule has 1 amide bonds. The maximum atomic E-state index is 12.1. The molecule has 2 heterocycles. The van der Waals surface area contributed by atoms with Crippen LogP contribution in [0.5, 0.6) is 0 Å². The number of amides is 1. The summed E-state index contributed by atoms with van der Waals surface area (Å²) in [6.45, 7) is 7.32. The Balaban J connectivity index is 1.91. The van der Waals surface area contributed by atoms with Gasteiger partial charge in [0.05, 0.1) is 5.69 Å². The van der Waals surface area contributed by atoms with Crippen molar-refractivity contribution in [2.24, 2.45) is 13.0 Å². The highest BCUT2D eigenvalue weighted by atomic mass is 16.2. The van der Waals surface area contributed by atoms with E-state index in [-0.39, 0.29) is 17.4 Å². The van der Waals surface area contributed by atoms with E-state index >= 15 is 0 Å². The molecule has 0 spiro atoms. The first-order valence-corrected chi connectivity index (χ1v) is 7.32. The van der Waals surface area contributed by atoms with Crippen LogP contribution >= 0.6 is 0 Å². The van der Waals surface area contributed by atoms with Gasteiger partial charge in [0.15, 0.2) is 0 Å². The molecule has 1 N–H and O–H groups in total. The summed E-state index contributed by atoms with van der Waals surface area (Å²) < 4.78 is 3.38. The topological polar surface area (TPSA) is 68.9 Å². The summed E-state index contributed by atoms with van der Waals surface area (Å²) in [7, 11) is 1.65. The molecule has 0 bridgehead atoms. The van der Waals surface area contributed by atoms with Crippen LogP contribution in [0.1, 0.15) is 28.7 Å². The summed E-state index contributed by atoms with van der Waals surface area (Å²) in [5.74, 6) is 0.0198. The number of nitrogens with one attached hydrogen (secondary N) is 1. The fourth-order valence-electron chi connectivity index (χ4n) is 2.28. The van der Waals surface area contributed by atoms with E-state index in [0.29, 0.717) is 12.1 Å². The summed E-state index contributed by atoms with van der Waals surface area (Å²) in [5.41, 5.74) is 2.31. The van der Waals surface area contributed by atoms with Crippen molar-refractivity contribution in [3.63, 3.8) is 0 Å². The predicted octanol–water partition coefficient (Wildman–Crippen LogP) is 1.26. The number of nitrogens with zero attached hydrogens (tertiary/aromatic N) is 3. The first-order chi connectivity index (χ1) is 10.4. The fraction of sp³-hybridized carbons (Fsp3) is 0.438. The third-order valence-electron chi connectivity index (χ3n) is 3.57. The maximum Gasteiger partial charge on any atom is 0.251 e. The molecule has 2 rings (SSSR count). The lowest BCUT2D eigenvalue weighted by molar-refractivity contribution is 0.0946. The molecular formula is C16H22N4O2. The molecule has 0 aromatic carbocycles. The molecule has 2 aromatic rings. The van der Waals surface area contributed by atoms with Gasteiger partial charge in [-0.15, -0.1) is 0 Å². The molecule has 0 aliphatic carbocycles. The number of aromatic nitrogens is 3. The second-order valence-corrected chi connectivity index (χ2v) is 5.79. The van der Waals surface area contributed by atoms with Crippen molar-refractivity contribution in [3.05, 3.63) is 51.7 Å². The molecule has 1 atom stereocenters. The van der Waals surface area contributed by atoms with Crippen LogP contribution in [0.4, 0.5) is 0 Å². The van der Waals surface area contributed by atoms with Crippen LogP contribution in [0.25, 0.3) is 0 Å². The Labute approximate surface area is 129 Å². The van der Waals surface area contributed by atoms with Crippen molar-refractivity contribution in [3.8, 4) is 0 Å². The zero-order chi connectivity index (χ0) is 16.3. The van der Waals surface area contributed by atoms with Crippen LogP contribution in [0.3, 0.4) is 0 Å². The number of aryl methyl sites for hydroxylation is 3. The number of pyridine rings is 1. The lowest BCUT2D eigenvalue weighted by atomic mass is 10.1. The number of rotatable bonds is 5. The standard InChI is InChI=1S/C16H22N4O2/c1-11(10-20-13(3)7-12(2)18-20)9-17-16(22)14-5-6-19(4)15(21)8-14/h5-8,11H,9-10H2,1-4H3,(H,17,22)/t11-/m1/s1. The molecule has 0 aliphatic heterocycles. The molecule has 6 nitrogen and oxygen atoms in total. The molecule has 118 valence electrons. The number of carbonyl (C=O) groups excluding carboxylic acids is 1. The zero-order valence-electron chi connectivity index (χ0n) is 13.5. The van der Waals surface area contributed by atoms with Crippen LogP contribution in [0.15, 0.2) is 29.2 Å². The van der Waals surface area contributed by atoms with Gasteiger partial charge >= 0.3 is 0 Å². The minimum atomic E-state index is -0.224. The number of hydrogen-bond acceptors (Lipinski definition) is 3. The van der Waals surface area contributed by atoms with Gasteiger partial charge in [-0.2, -0.15) is 5.10 Å². The van der Waals surface area contributed by atoms with E-state index < -0.39 is 0 Å². The third-order valence-corrected chi connectivity index (χ3v) is 3.57. The van der Waals surface area contributed by atoms with Gasteiger partial charge in [-0.3, -0.25) is 14.3 Å². The number of carbonyl (C=O) groups is 1. The molecule has 2 aromatic heterocycles. The largest absolute Gasteiger partial charge is 0.352 e. The maximum absolute atomic E-state index is 12.1. The molecule has 22 heavy (non-hydrogen) atoms. The van der Waals surface area contributed by atoms with Crippen molar-refractivity contribution >= 4 is 5.91 Å². The van der Waals surface area contributed by atoms with Gasteiger partial charge < -0.3 is 9.88 Å². The van der Waals surface area contributed by atoms with E-state index in [0.717, 1.165) is 17.9 Å². The second-order valence-electron chi connectivity index (χ2n) is 5.79. The molecule has 0 fully saturated rings. The Kier molecular flexibility index (Phi) is 4.80. The van der Waals surface area contributed by atoms with Crippen molar-refractivity contribution < 1.29 is 4.79 Å². The lowest BCUT2D eigenvalue weighted by Gasteiger charge is -2.14. The van der Waals surface area contributed by atoms with Crippen molar-refractivity contribution in [2.45, 2.75) is 27.3 Å². The highest BCUT2D eigenvalue weighted by Crippen LogP contribution is 2.06. The monoisotopic (exact) mass is 302 g/mol. The summed E-state index contributed by atoms with van der Waals surface area (Å²) in [6, 6.07) is 5.02. The van der Waals surface area contributed by atoms with Crippen LogP contribution in [-0.4, -0.2) is 26.8 Å². The summed E-state index contributed by atoms with van der Waals surface area (Å²) in [5, 5.41) is 7.28. The van der Waals surface area contributed by atoms with Crippen LogP contribution < -0.4 is 10.9 Å². The predicted molar refractivity (Wildman–Crippen MR) is 84.9 cm³/mol. The first kappa shape index (κ1) is 16.0. The van der Waals surface area contributed by atoms with Crippen molar-refractivity contribution in [1.29, 1.82) is 0 Å². The Bertz CT molecular complexity index is 730. The highest BCUT2D eigenvalue weighted by Gasteiger charge is 2.11. The third kappa shape index (κ3) is 3.84. The van der Waals surface area contributed by atoms with Gasteiger partial charge in [0, 0.05) is 43.7 Å². The van der Waals surface area contributed by atoms with Crippen LogP contribution in [0, 0.1) is 19.8 Å². The minimum absolute atomic E-state index is 0.191. The average molecular weight is 302 g/mol. The van der Waals surface area contributed by atoms with Gasteiger partial charge in [0.1, 0.15) is 0 Å². The normalized spacial score (nSPS) is 12.2. The van der Waals surface area contributed by atoms with Gasteiger partial charge in [0.2, 0.25) is 0 Å². The molecule has 0 aliphatic rings. The lowest BCUT2D eigenvalue weighted by Crippen LogP contribution is -2.31. The van der Waals surface area contributed by atoms with E-state index in [9.17, 15) is 9.59 Å². The number of hydrogen-bond donors (Lipinski definition) is 1. The minimum Gasteiger partial charge on any atom is -0.352 e. The van der Waals surface area contributed by atoms with E-state index in [1.807, 2.05) is 24.6 Å². The Hall–Kier alpha value is -2.37. The van der Waals surface area contributed by atoms with Crippen LogP contribution in [-0.2, 0) is 13.6 Å². The molecule has 6 heteroatoms.